The van der Waals surface area contributed by atoms with E-state index < -0.39 is 0 Å². The molecule has 9 atom stereocenters. The van der Waals surface area contributed by atoms with Crippen LogP contribution in [-0.2, 0) is 23.8 Å². The Morgan fingerprint density at radius 3 is 2.56 bits per heavy atom. The Kier molecular flexibility index (Phi) is 7.08. The fraction of sp³-hybridized carbons (Fsp3) is 0.926. The molecule has 0 N–H and O–H groups in total. The number of methoxy groups -OCH3 is 2. The minimum Gasteiger partial charge on any atom is -0.469 e. The standard InChI is InChI=1S/C27H44O5/c1-17(6-9-24(29)31-5)20-7-8-21-25-22(11-13-27(20,21)3)26(2)12-10-19(28)14-18(26)15-23(25)32-16-30-4/h17-18,20-23,25H,6-16H2,1-5H3/t17-,18+,20-,21?,22?,23-,25?,26+,27-/m1/s1. The highest BCUT2D eigenvalue weighted by atomic mass is 16.7. The minimum absolute atomic E-state index is 0.0913. The molecule has 4 fully saturated rings. The Balaban J connectivity index is 1.58. The molecular formula is C27H44O5. The number of hydrogen-bond acceptors (Lipinski definition) is 5. The number of ether oxygens (including phenoxy) is 3. The topological polar surface area (TPSA) is 61.8 Å². The van der Waals surface area contributed by atoms with Crippen LogP contribution in [0, 0.1) is 46.3 Å². The monoisotopic (exact) mass is 448 g/mol. The molecule has 0 bridgehead atoms. The predicted molar refractivity (Wildman–Crippen MR) is 123 cm³/mol. The first-order valence-corrected chi connectivity index (χ1v) is 12.9. The van der Waals surface area contributed by atoms with E-state index in [0.29, 0.717) is 59.9 Å². The van der Waals surface area contributed by atoms with Crippen LogP contribution in [0.5, 0.6) is 0 Å². The second-order valence-corrected chi connectivity index (χ2v) is 11.9. The van der Waals surface area contributed by atoms with Gasteiger partial charge in [0.25, 0.3) is 0 Å². The van der Waals surface area contributed by atoms with E-state index in [1.807, 2.05) is 0 Å². The molecule has 32 heavy (non-hydrogen) atoms. The Hall–Kier alpha value is -0.940. The fourth-order valence-corrected chi connectivity index (χ4v) is 8.94. The highest BCUT2D eigenvalue weighted by molar-refractivity contribution is 5.79. The number of rotatable bonds is 7. The zero-order chi connectivity index (χ0) is 23.1. The molecule has 4 aliphatic carbocycles. The molecule has 4 rings (SSSR count). The van der Waals surface area contributed by atoms with Crippen molar-refractivity contribution in [1.29, 1.82) is 0 Å². The Morgan fingerprint density at radius 1 is 1.09 bits per heavy atom. The highest BCUT2D eigenvalue weighted by Gasteiger charge is 2.63. The second-order valence-electron chi connectivity index (χ2n) is 11.9. The summed E-state index contributed by atoms with van der Waals surface area (Å²) in [5, 5.41) is 0. The van der Waals surface area contributed by atoms with E-state index in [1.54, 1.807) is 7.11 Å². The van der Waals surface area contributed by atoms with Gasteiger partial charge in [-0.25, -0.2) is 0 Å². The fourth-order valence-electron chi connectivity index (χ4n) is 8.94. The number of ketones is 1. The number of esters is 1. The van der Waals surface area contributed by atoms with Gasteiger partial charge in [0.05, 0.1) is 13.2 Å². The molecule has 0 aromatic carbocycles. The Morgan fingerprint density at radius 2 is 1.84 bits per heavy atom. The molecule has 0 heterocycles. The number of carbonyl (C=O) groups is 2. The van der Waals surface area contributed by atoms with Crippen molar-refractivity contribution < 1.29 is 23.8 Å². The third kappa shape index (κ3) is 4.06. The van der Waals surface area contributed by atoms with Crippen LogP contribution in [0.2, 0.25) is 0 Å². The van der Waals surface area contributed by atoms with Gasteiger partial charge in [-0.1, -0.05) is 20.8 Å². The predicted octanol–water partition coefficient (Wildman–Crippen LogP) is 5.40. The lowest BCUT2D eigenvalue weighted by atomic mass is 9.43. The molecule has 0 aromatic rings. The maximum Gasteiger partial charge on any atom is 0.305 e. The number of Topliss-reactive ketones (excluding diaryl/α,β-unsaturated/α-hetero) is 1. The normalized spacial score (nSPS) is 44.3. The van der Waals surface area contributed by atoms with Crippen LogP contribution in [0.3, 0.4) is 0 Å². The number of fused-ring (bicyclic) bond motifs is 5. The van der Waals surface area contributed by atoms with Crippen molar-refractivity contribution in [3.8, 4) is 0 Å². The van der Waals surface area contributed by atoms with Gasteiger partial charge in [-0.05, 0) is 91.3 Å². The number of carbonyl (C=O) groups excluding carboxylic acids is 2. The maximum atomic E-state index is 12.3. The molecule has 3 unspecified atom stereocenters. The van der Waals surface area contributed by atoms with Gasteiger partial charge in [0, 0.05) is 26.4 Å². The molecule has 5 nitrogen and oxygen atoms in total. The molecule has 0 radical (unpaired) electrons. The average molecular weight is 449 g/mol. The summed E-state index contributed by atoms with van der Waals surface area (Å²) < 4.78 is 16.6. The van der Waals surface area contributed by atoms with Gasteiger partial charge in [-0.2, -0.15) is 0 Å². The van der Waals surface area contributed by atoms with Gasteiger partial charge in [0.1, 0.15) is 12.6 Å². The molecule has 182 valence electrons. The first kappa shape index (κ1) is 24.2. The molecular weight excluding hydrogens is 404 g/mol. The third-order valence-electron chi connectivity index (χ3n) is 10.7. The smallest absolute Gasteiger partial charge is 0.305 e. The largest absolute Gasteiger partial charge is 0.469 e. The van der Waals surface area contributed by atoms with Crippen molar-refractivity contribution in [2.24, 2.45) is 46.3 Å². The lowest BCUT2D eigenvalue weighted by molar-refractivity contribution is -0.201. The van der Waals surface area contributed by atoms with E-state index in [2.05, 4.69) is 20.8 Å². The Labute approximate surface area is 194 Å². The lowest BCUT2D eigenvalue weighted by Gasteiger charge is -2.62. The molecule has 0 aliphatic heterocycles. The van der Waals surface area contributed by atoms with E-state index >= 15 is 0 Å². The van der Waals surface area contributed by atoms with Crippen molar-refractivity contribution in [2.45, 2.75) is 91.1 Å². The summed E-state index contributed by atoms with van der Waals surface area (Å²) >= 11 is 0. The van der Waals surface area contributed by atoms with Gasteiger partial charge < -0.3 is 14.2 Å². The van der Waals surface area contributed by atoms with Crippen LogP contribution >= 0.6 is 0 Å². The second kappa shape index (κ2) is 9.37. The van der Waals surface area contributed by atoms with Crippen molar-refractivity contribution in [1.82, 2.24) is 0 Å². The molecule has 0 spiro atoms. The molecule has 4 aliphatic rings. The lowest BCUT2D eigenvalue weighted by Crippen LogP contribution is -2.59. The molecule has 5 heteroatoms. The van der Waals surface area contributed by atoms with Gasteiger partial charge in [0.2, 0.25) is 0 Å². The summed E-state index contributed by atoms with van der Waals surface area (Å²) in [7, 11) is 3.19. The van der Waals surface area contributed by atoms with Crippen LogP contribution in [-0.4, -0.2) is 38.9 Å². The summed E-state index contributed by atoms with van der Waals surface area (Å²) in [4.78, 5) is 24.1. The first-order chi connectivity index (χ1) is 15.2. The quantitative estimate of drug-likeness (QED) is 0.385. The first-order valence-electron chi connectivity index (χ1n) is 12.9. The average Bonchev–Trinajstić information content (AvgIpc) is 3.13. The summed E-state index contributed by atoms with van der Waals surface area (Å²) in [6.07, 6.45) is 10.2. The van der Waals surface area contributed by atoms with Gasteiger partial charge in [0.15, 0.2) is 0 Å². The van der Waals surface area contributed by atoms with E-state index in [9.17, 15) is 9.59 Å². The van der Waals surface area contributed by atoms with E-state index in [-0.39, 0.29) is 17.5 Å². The van der Waals surface area contributed by atoms with E-state index in [0.717, 1.165) is 32.1 Å². The van der Waals surface area contributed by atoms with Crippen LogP contribution < -0.4 is 0 Å². The van der Waals surface area contributed by atoms with E-state index in [1.165, 1.54) is 32.8 Å². The zero-order valence-corrected chi connectivity index (χ0v) is 20.9. The summed E-state index contributed by atoms with van der Waals surface area (Å²) in [5.74, 6) is 3.83. The molecule has 0 saturated heterocycles. The minimum atomic E-state index is -0.0913. The van der Waals surface area contributed by atoms with Gasteiger partial charge in [-0.3, -0.25) is 9.59 Å². The van der Waals surface area contributed by atoms with Gasteiger partial charge >= 0.3 is 5.97 Å². The summed E-state index contributed by atoms with van der Waals surface area (Å²) in [6, 6.07) is 0. The number of hydrogen-bond donors (Lipinski definition) is 0. The highest BCUT2D eigenvalue weighted by Crippen LogP contribution is 2.68. The van der Waals surface area contributed by atoms with Crippen LogP contribution in [0.1, 0.15) is 85.0 Å². The SMILES string of the molecule is COCO[C@@H]1C[C@@H]2CC(=O)CC[C@]2(C)C2CC[C@@]3(C)C(CC[C@@H]3[C@H](C)CCC(=O)OC)C21. The van der Waals surface area contributed by atoms with Crippen LogP contribution in [0.25, 0.3) is 0 Å². The van der Waals surface area contributed by atoms with Gasteiger partial charge in [-0.15, -0.1) is 0 Å². The zero-order valence-electron chi connectivity index (χ0n) is 20.9. The summed E-state index contributed by atoms with van der Waals surface area (Å²) in [6.45, 7) is 7.71. The molecule has 4 saturated carbocycles. The molecule has 0 aromatic heterocycles. The van der Waals surface area contributed by atoms with Crippen molar-refractivity contribution in [3.63, 3.8) is 0 Å². The maximum absolute atomic E-state index is 12.3. The van der Waals surface area contributed by atoms with E-state index in [4.69, 9.17) is 14.2 Å². The summed E-state index contributed by atoms with van der Waals surface area (Å²) in [5.41, 5.74) is 0.570. The van der Waals surface area contributed by atoms with Crippen LogP contribution in [0.15, 0.2) is 0 Å². The Bertz CT molecular complexity index is 706. The third-order valence-corrected chi connectivity index (χ3v) is 10.7. The van der Waals surface area contributed by atoms with Crippen molar-refractivity contribution in [2.75, 3.05) is 21.0 Å². The molecule has 0 amide bonds. The van der Waals surface area contributed by atoms with Crippen molar-refractivity contribution >= 4 is 11.8 Å². The van der Waals surface area contributed by atoms with Crippen LogP contribution in [0.4, 0.5) is 0 Å². The van der Waals surface area contributed by atoms with Crippen molar-refractivity contribution in [3.05, 3.63) is 0 Å².